The summed E-state index contributed by atoms with van der Waals surface area (Å²) in [6.07, 6.45) is 0. The van der Waals surface area contributed by atoms with E-state index in [9.17, 15) is 18.9 Å². The minimum atomic E-state index is -0.667. The van der Waals surface area contributed by atoms with E-state index < -0.39 is 10.7 Å². The summed E-state index contributed by atoms with van der Waals surface area (Å²) < 4.78 is 26.1. The normalized spacial score (nSPS) is 10.3. The van der Waals surface area contributed by atoms with Gasteiger partial charge >= 0.3 is 0 Å². The van der Waals surface area contributed by atoms with E-state index in [4.69, 9.17) is 0 Å². The highest BCUT2D eigenvalue weighted by atomic mass is 19.1. The molecule has 0 saturated heterocycles. The molecule has 0 aliphatic rings. The highest BCUT2D eigenvalue weighted by molar-refractivity contribution is 5.61. The van der Waals surface area contributed by atoms with E-state index in [1.807, 2.05) is 0 Å². The monoisotopic (exact) mass is 278 g/mol. The Kier molecular flexibility index (Phi) is 3.93. The van der Waals surface area contributed by atoms with E-state index >= 15 is 0 Å². The molecule has 2 aromatic rings. The Morgan fingerprint density at radius 1 is 1.20 bits per heavy atom. The molecule has 0 atom stereocenters. The van der Waals surface area contributed by atoms with Gasteiger partial charge in [-0.05, 0) is 36.2 Å². The average molecular weight is 278 g/mol. The number of rotatable bonds is 4. The minimum absolute atomic E-state index is 0.221. The second-order valence-electron chi connectivity index (χ2n) is 4.36. The van der Waals surface area contributed by atoms with Gasteiger partial charge in [-0.2, -0.15) is 0 Å². The van der Waals surface area contributed by atoms with E-state index in [-0.39, 0.29) is 23.7 Å². The van der Waals surface area contributed by atoms with Crippen LogP contribution in [0.1, 0.15) is 11.1 Å². The third-order valence-corrected chi connectivity index (χ3v) is 2.86. The largest absolute Gasteiger partial charge is 0.375 e. The van der Waals surface area contributed by atoms with Gasteiger partial charge in [-0.25, -0.2) is 8.78 Å². The summed E-state index contributed by atoms with van der Waals surface area (Å²) in [5.74, 6) is -0.971. The zero-order chi connectivity index (χ0) is 14.7. The smallest absolute Gasteiger partial charge is 0.295 e. The van der Waals surface area contributed by atoms with Crippen molar-refractivity contribution in [2.45, 2.75) is 13.5 Å². The fraction of sp³-hybridized carbons (Fsp3) is 0.143. The van der Waals surface area contributed by atoms with Crippen LogP contribution in [0.25, 0.3) is 0 Å². The van der Waals surface area contributed by atoms with Crippen LogP contribution in [0.3, 0.4) is 0 Å². The van der Waals surface area contributed by atoms with Crippen LogP contribution >= 0.6 is 0 Å². The summed E-state index contributed by atoms with van der Waals surface area (Å²) in [6.45, 7) is 1.92. The molecule has 4 nitrogen and oxygen atoms in total. The molecule has 0 saturated carbocycles. The maximum Gasteiger partial charge on any atom is 0.295 e. The number of aryl methyl sites for hydroxylation is 1. The number of hydrogen-bond donors (Lipinski definition) is 1. The van der Waals surface area contributed by atoms with Crippen LogP contribution in [0.2, 0.25) is 0 Å². The topological polar surface area (TPSA) is 55.2 Å². The van der Waals surface area contributed by atoms with E-state index in [1.165, 1.54) is 12.1 Å². The molecule has 2 aromatic carbocycles. The van der Waals surface area contributed by atoms with E-state index in [0.29, 0.717) is 5.56 Å². The van der Waals surface area contributed by atoms with E-state index in [2.05, 4.69) is 5.32 Å². The second-order valence-corrected chi connectivity index (χ2v) is 4.36. The van der Waals surface area contributed by atoms with Crippen molar-refractivity contribution in [2.24, 2.45) is 0 Å². The highest BCUT2D eigenvalue weighted by Crippen LogP contribution is 2.25. The molecule has 0 spiro atoms. The molecule has 104 valence electrons. The van der Waals surface area contributed by atoms with Crippen LogP contribution < -0.4 is 5.32 Å². The lowest BCUT2D eigenvalue weighted by Gasteiger charge is -2.08. The number of anilines is 1. The fourth-order valence-electron chi connectivity index (χ4n) is 1.82. The van der Waals surface area contributed by atoms with Gasteiger partial charge in [0.1, 0.15) is 17.3 Å². The van der Waals surface area contributed by atoms with Gasteiger partial charge in [-0.15, -0.1) is 0 Å². The summed E-state index contributed by atoms with van der Waals surface area (Å²) in [5, 5.41) is 13.7. The molecule has 0 unspecified atom stereocenters. The lowest BCUT2D eigenvalue weighted by Crippen LogP contribution is -2.03. The summed E-state index contributed by atoms with van der Waals surface area (Å²) in [6, 6.07) is 7.89. The van der Waals surface area contributed by atoms with Crippen molar-refractivity contribution in [3.8, 4) is 0 Å². The van der Waals surface area contributed by atoms with Gasteiger partial charge in [0.25, 0.3) is 5.69 Å². The lowest BCUT2D eigenvalue weighted by atomic mass is 10.1. The standard InChI is InChI=1S/C14H12F2N2O2/c1-9-6-10(2-4-12(9)16)8-17-13-5-3-11(15)7-14(13)18(19)20/h2-7,17H,8H2,1H3. The average Bonchev–Trinajstić information content (AvgIpc) is 2.41. The highest BCUT2D eigenvalue weighted by Gasteiger charge is 2.14. The van der Waals surface area contributed by atoms with Gasteiger partial charge in [0.15, 0.2) is 0 Å². The Morgan fingerprint density at radius 2 is 1.95 bits per heavy atom. The number of nitro benzene ring substituents is 1. The van der Waals surface area contributed by atoms with Crippen LogP contribution in [0.15, 0.2) is 36.4 Å². The zero-order valence-corrected chi connectivity index (χ0v) is 10.7. The molecular weight excluding hydrogens is 266 g/mol. The van der Waals surface area contributed by atoms with Gasteiger partial charge in [-0.3, -0.25) is 10.1 Å². The molecule has 0 aliphatic heterocycles. The Balaban J connectivity index is 2.18. The van der Waals surface area contributed by atoms with Crippen LogP contribution in [0.4, 0.5) is 20.2 Å². The third kappa shape index (κ3) is 3.09. The molecular formula is C14H12F2N2O2. The Morgan fingerprint density at radius 3 is 2.60 bits per heavy atom. The maximum absolute atomic E-state index is 13.1. The summed E-state index contributed by atoms with van der Waals surface area (Å²) in [4.78, 5) is 10.2. The van der Waals surface area contributed by atoms with E-state index in [1.54, 1.807) is 19.1 Å². The zero-order valence-electron chi connectivity index (χ0n) is 10.7. The number of nitrogens with one attached hydrogen (secondary N) is 1. The molecule has 0 amide bonds. The first-order chi connectivity index (χ1) is 9.47. The molecule has 0 fully saturated rings. The molecule has 1 N–H and O–H groups in total. The SMILES string of the molecule is Cc1cc(CNc2ccc(F)cc2[N+](=O)[O-])ccc1F. The Labute approximate surface area is 114 Å². The predicted octanol–water partition coefficient (Wildman–Crippen LogP) is 3.79. The Hall–Kier alpha value is -2.50. The van der Waals surface area contributed by atoms with Gasteiger partial charge in [0, 0.05) is 6.54 Å². The number of benzene rings is 2. The first-order valence-electron chi connectivity index (χ1n) is 5.90. The second kappa shape index (κ2) is 5.64. The van der Waals surface area contributed by atoms with Crippen LogP contribution in [-0.2, 0) is 6.54 Å². The lowest BCUT2D eigenvalue weighted by molar-refractivity contribution is -0.384. The predicted molar refractivity (Wildman–Crippen MR) is 71.5 cm³/mol. The number of halogens is 2. The van der Waals surface area contributed by atoms with Crippen molar-refractivity contribution in [3.05, 3.63) is 69.3 Å². The van der Waals surface area contributed by atoms with Crippen molar-refractivity contribution in [1.82, 2.24) is 0 Å². The number of nitro groups is 1. The molecule has 0 bridgehead atoms. The number of hydrogen-bond acceptors (Lipinski definition) is 3. The summed E-state index contributed by atoms with van der Waals surface area (Å²) in [5.41, 5.74) is 1.17. The molecule has 0 heterocycles. The molecule has 0 aromatic heterocycles. The van der Waals surface area contributed by atoms with Crippen LogP contribution in [-0.4, -0.2) is 4.92 Å². The Bertz CT molecular complexity index is 660. The fourth-order valence-corrected chi connectivity index (χ4v) is 1.82. The quantitative estimate of drug-likeness (QED) is 0.683. The first kappa shape index (κ1) is 13.9. The number of nitrogens with zero attached hydrogens (tertiary/aromatic N) is 1. The van der Waals surface area contributed by atoms with Gasteiger partial charge in [-0.1, -0.05) is 12.1 Å². The third-order valence-electron chi connectivity index (χ3n) is 2.86. The first-order valence-corrected chi connectivity index (χ1v) is 5.90. The van der Waals surface area contributed by atoms with Crippen LogP contribution in [0.5, 0.6) is 0 Å². The molecule has 6 heteroatoms. The molecule has 2 rings (SSSR count). The van der Waals surface area contributed by atoms with Crippen LogP contribution in [0, 0.1) is 28.7 Å². The van der Waals surface area contributed by atoms with E-state index in [0.717, 1.165) is 17.7 Å². The maximum atomic E-state index is 13.1. The molecule has 20 heavy (non-hydrogen) atoms. The van der Waals surface area contributed by atoms with Gasteiger partial charge in [0.05, 0.1) is 11.0 Å². The van der Waals surface area contributed by atoms with Crippen molar-refractivity contribution in [1.29, 1.82) is 0 Å². The van der Waals surface area contributed by atoms with Gasteiger partial charge in [0.2, 0.25) is 0 Å². The van der Waals surface area contributed by atoms with Crippen molar-refractivity contribution in [2.75, 3.05) is 5.32 Å². The van der Waals surface area contributed by atoms with Crippen molar-refractivity contribution in [3.63, 3.8) is 0 Å². The molecule has 0 aliphatic carbocycles. The van der Waals surface area contributed by atoms with Crippen molar-refractivity contribution >= 4 is 11.4 Å². The summed E-state index contributed by atoms with van der Waals surface area (Å²) in [7, 11) is 0. The van der Waals surface area contributed by atoms with Gasteiger partial charge < -0.3 is 5.32 Å². The minimum Gasteiger partial charge on any atom is -0.375 e. The van der Waals surface area contributed by atoms with Crippen molar-refractivity contribution < 1.29 is 13.7 Å². The summed E-state index contributed by atoms with van der Waals surface area (Å²) >= 11 is 0. The molecule has 0 radical (unpaired) electrons.